The second-order valence-electron chi connectivity index (χ2n) is 3.97. The molecule has 1 nitrogen and oxygen atoms in total. The molecule has 0 bridgehead atoms. The van der Waals surface area contributed by atoms with Crippen molar-refractivity contribution in [3.05, 3.63) is 0 Å². The number of rotatable bonds is 3. The second kappa shape index (κ2) is 3.06. The van der Waals surface area contributed by atoms with Crippen molar-refractivity contribution in [3.63, 3.8) is 0 Å². The maximum atomic E-state index is 5.61. The van der Waals surface area contributed by atoms with Crippen molar-refractivity contribution >= 4 is 15.9 Å². The molecule has 0 amide bonds. The molecule has 11 heavy (non-hydrogen) atoms. The second-order valence-corrected chi connectivity index (χ2v) is 4.53. The maximum Gasteiger partial charge on any atom is 0.0581 e. The van der Waals surface area contributed by atoms with E-state index >= 15 is 0 Å². The Hall–Kier alpha value is 0.440. The highest BCUT2D eigenvalue weighted by Crippen LogP contribution is 2.51. The van der Waals surface area contributed by atoms with E-state index in [1.54, 1.807) is 0 Å². The molecule has 1 aliphatic carbocycles. The molecule has 1 saturated heterocycles. The molecule has 0 aromatic rings. The minimum atomic E-state index is 0.593. The standard InChI is InChI=1S/C9H15BrO/c10-7-9(3-4-9)6-8-2-1-5-11-8/h8H,1-7H2. The number of hydrogen-bond donors (Lipinski definition) is 0. The third-order valence-electron chi connectivity index (χ3n) is 2.93. The molecule has 0 radical (unpaired) electrons. The van der Waals surface area contributed by atoms with Gasteiger partial charge < -0.3 is 4.74 Å². The quantitative estimate of drug-likeness (QED) is 0.663. The smallest absolute Gasteiger partial charge is 0.0581 e. The zero-order chi connectivity index (χ0) is 7.73. The molecule has 0 N–H and O–H groups in total. The Labute approximate surface area is 76.6 Å². The van der Waals surface area contributed by atoms with E-state index in [2.05, 4.69) is 15.9 Å². The Morgan fingerprint density at radius 3 is 2.73 bits per heavy atom. The van der Waals surface area contributed by atoms with Gasteiger partial charge in [0.2, 0.25) is 0 Å². The SMILES string of the molecule is BrCC1(CC2CCCO2)CC1. The van der Waals surface area contributed by atoms with Gasteiger partial charge >= 0.3 is 0 Å². The van der Waals surface area contributed by atoms with Crippen LogP contribution in [0.4, 0.5) is 0 Å². The van der Waals surface area contributed by atoms with Crippen LogP contribution < -0.4 is 0 Å². The van der Waals surface area contributed by atoms with Gasteiger partial charge in [-0.05, 0) is 37.5 Å². The summed E-state index contributed by atoms with van der Waals surface area (Å²) in [7, 11) is 0. The monoisotopic (exact) mass is 218 g/mol. The van der Waals surface area contributed by atoms with Gasteiger partial charge in [-0.2, -0.15) is 0 Å². The summed E-state index contributed by atoms with van der Waals surface area (Å²) in [5.74, 6) is 0. The van der Waals surface area contributed by atoms with Gasteiger partial charge in [0.05, 0.1) is 6.10 Å². The van der Waals surface area contributed by atoms with Crippen molar-refractivity contribution in [2.75, 3.05) is 11.9 Å². The van der Waals surface area contributed by atoms with E-state index in [1.165, 1.54) is 37.4 Å². The Bertz CT molecular complexity index is 136. The molecule has 1 aliphatic heterocycles. The fraction of sp³-hybridized carbons (Fsp3) is 1.00. The van der Waals surface area contributed by atoms with E-state index in [0.717, 1.165) is 6.61 Å². The largest absolute Gasteiger partial charge is 0.378 e. The Kier molecular flexibility index (Phi) is 2.24. The lowest BCUT2D eigenvalue weighted by molar-refractivity contribution is 0.0891. The van der Waals surface area contributed by atoms with Crippen LogP contribution in [-0.2, 0) is 4.74 Å². The molecule has 0 spiro atoms. The summed E-state index contributed by atoms with van der Waals surface area (Å²) in [5, 5.41) is 1.18. The normalized spacial score (nSPS) is 34.1. The number of ether oxygens (including phenoxy) is 1. The van der Waals surface area contributed by atoms with E-state index in [4.69, 9.17) is 4.74 Å². The van der Waals surface area contributed by atoms with Crippen LogP contribution in [0.5, 0.6) is 0 Å². The zero-order valence-corrected chi connectivity index (χ0v) is 8.40. The molecular weight excluding hydrogens is 204 g/mol. The fourth-order valence-electron chi connectivity index (χ4n) is 1.86. The average molecular weight is 219 g/mol. The van der Waals surface area contributed by atoms with Crippen LogP contribution in [0.2, 0.25) is 0 Å². The number of alkyl halides is 1. The van der Waals surface area contributed by atoms with Crippen molar-refractivity contribution in [3.8, 4) is 0 Å². The molecule has 0 aromatic carbocycles. The number of halogens is 1. The summed E-state index contributed by atoms with van der Waals surface area (Å²) in [6, 6.07) is 0. The Balaban J connectivity index is 1.80. The highest BCUT2D eigenvalue weighted by atomic mass is 79.9. The zero-order valence-electron chi connectivity index (χ0n) is 6.81. The summed E-state index contributed by atoms with van der Waals surface area (Å²) >= 11 is 3.59. The van der Waals surface area contributed by atoms with Crippen LogP contribution in [0, 0.1) is 5.41 Å². The van der Waals surface area contributed by atoms with Crippen LogP contribution in [0.15, 0.2) is 0 Å². The highest BCUT2D eigenvalue weighted by Gasteiger charge is 2.43. The Morgan fingerprint density at radius 1 is 1.45 bits per heavy atom. The van der Waals surface area contributed by atoms with Crippen LogP contribution >= 0.6 is 15.9 Å². The van der Waals surface area contributed by atoms with Gasteiger partial charge in [-0.3, -0.25) is 0 Å². The van der Waals surface area contributed by atoms with Gasteiger partial charge in [0.25, 0.3) is 0 Å². The van der Waals surface area contributed by atoms with Crippen molar-refractivity contribution in [1.29, 1.82) is 0 Å². The first kappa shape index (κ1) is 8.06. The van der Waals surface area contributed by atoms with Gasteiger partial charge in [-0.25, -0.2) is 0 Å². The maximum absolute atomic E-state index is 5.61. The van der Waals surface area contributed by atoms with Crippen LogP contribution in [0.25, 0.3) is 0 Å². The van der Waals surface area contributed by atoms with Gasteiger partial charge in [0.15, 0.2) is 0 Å². The summed E-state index contributed by atoms with van der Waals surface area (Å²) in [5.41, 5.74) is 0.648. The van der Waals surface area contributed by atoms with Gasteiger partial charge in [0.1, 0.15) is 0 Å². The van der Waals surface area contributed by atoms with Gasteiger partial charge in [-0.15, -0.1) is 0 Å². The summed E-state index contributed by atoms with van der Waals surface area (Å²) in [6.07, 6.45) is 7.31. The van der Waals surface area contributed by atoms with Crippen LogP contribution in [0.3, 0.4) is 0 Å². The first-order valence-corrected chi connectivity index (χ1v) is 5.64. The number of hydrogen-bond acceptors (Lipinski definition) is 1. The van der Waals surface area contributed by atoms with E-state index < -0.39 is 0 Å². The lowest BCUT2D eigenvalue weighted by Crippen LogP contribution is -2.14. The van der Waals surface area contributed by atoms with E-state index in [0.29, 0.717) is 11.5 Å². The third-order valence-corrected chi connectivity index (χ3v) is 4.11. The molecule has 64 valence electrons. The van der Waals surface area contributed by atoms with Gasteiger partial charge in [0, 0.05) is 11.9 Å². The predicted molar refractivity (Wildman–Crippen MR) is 49.1 cm³/mol. The lowest BCUT2D eigenvalue weighted by Gasteiger charge is -2.16. The van der Waals surface area contributed by atoms with Crippen LogP contribution in [0.1, 0.15) is 32.1 Å². The summed E-state index contributed by atoms with van der Waals surface area (Å²) in [6.45, 7) is 1.00. The molecule has 1 saturated carbocycles. The molecule has 1 atom stereocenters. The molecule has 1 heterocycles. The lowest BCUT2D eigenvalue weighted by atomic mass is 9.99. The molecule has 2 rings (SSSR count). The van der Waals surface area contributed by atoms with Crippen molar-refractivity contribution in [1.82, 2.24) is 0 Å². The molecule has 2 heteroatoms. The molecule has 1 unspecified atom stereocenters. The molecule has 0 aromatic heterocycles. The summed E-state index contributed by atoms with van der Waals surface area (Å²) in [4.78, 5) is 0. The topological polar surface area (TPSA) is 9.23 Å². The first-order valence-electron chi connectivity index (χ1n) is 4.52. The van der Waals surface area contributed by atoms with Crippen molar-refractivity contribution in [2.45, 2.75) is 38.2 Å². The average Bonchev–Trinajstić information content (AvgIpc) is 2.59. The van der Waals surface area contributed by atoms with Gasteiger partial charge in [-0.1, -0.05) is 15.9 Å². The highest BCUT2D eigenvalue weighted by molar-refractivity contribution is 9.09. The van der Waals surface area contributed by atoms with Crippen molar-refractivity contribution < 1.29 is 4.74 Å². The van der Waals surface area contributed by atoms with E-state index in [9.17, 15) is 0 Å². The molecule has 2 fully saturated rings. The minimum absolute atomic E-state index is 0.593. The van der Waals surface area contributed by atoms with Crippen molar-refractivity contribution in [2.24, 2.45) is 5.41 Å². The molecule has 2 aliphatic rings. The Morgan fingerprint density at radius 2 is 2.27 bits per heavy atom. The van der Waals surface area contributed by atoms with E-state index in [1.807, 2.05) is 0 Å². The third kappa shape index (κ3) is 1.78. The summed E-state index contributed by atoms with van der Waals surface area (Å²) < 4.78 is 5.61. The fourth-order valence-corrected chi connectivity index (χ4v) is 2.65. The molecular formula is C9H15BrO. The minimum Gasteiger partial charge on any atom is -0.378 e. The van der Waals surface area contributed by atoms with E-state index in [-0.39, 0.29) is 0 Å². The first-order chi connectivity index (χ1) is 5.35. The predicted octanol–water partition coefficient (Wildman–Crippen LogP) is 2.73. The van der Waals surface area contributed by atoms with Crippen LogP contribution in [-0.4, -0.2) is 18.0 Å².